The van der Waals surface area contributed by atoms with E-state index in [1.54, 1.807) is 20.0 Å². The van der Waals surface area contributed by atoms with E-state index in [4.69, 9.17) is 19.5 Å². The molecule has 0 aromatic carbocycles. The monoisotopic (exact) mass is 423 g/mol. The summed E-state index contributed by atoms with van der Waals surface area (Å²) < 4.78 is 11.2. The van der Waals surface area contributed by atoms with Crippen LogP contribution in [-0.4, -0.2) is 38.5 Å². The fourth-order valence-electron chi connectivity index (χ4n) is 3.01. The highest BCUT2D eigenvalue weighted by Gasteiger charge is 2.19. The Morgan fingerprint density at radius 3 is 2.74 bits per heavy atom. The second kappa shape index (κ2) is 10.0. The number of rotatable bonds is 10. The van der Waals surface area contributed by atoms with Gasteiger partial charge in [-0.2, -0.15) is 0 Å². The van der Waals surface area contributed by atoms with Gasteiger partial charge in [-0.15, -0.1) is 10.2 Å². The maximum absolute atomic E-state index is 8.35. The first-order chi connectivity index (χ1) is 14.9. The fourth-order valence-corrected chi connectivity index (χ4v) is 3.01. The molecule has 3 rings (SSSR count). The first kappa shape index (κ1) is 22.2. The van der Waals surface area contributed by atoms with Crippen LogP contribution in [0.1, 0.15) is 51.6 Å². The summed E-state index contributed by atoms with van der Waals surface area (Å²) in [6, 6.07) is 5.89. The minimum atomic E-state index is 0.203. The molecule has 0 saturated carbocycles. The van der Waals surface area contributed by atoms with Crippen LogP contribution in [0.4, 0.5) is 11.4 Å². The van der Waals surface area contributed by atoms with Crippen LogP contribution < -0.4 is 15.4 Å². The highest BCUT2D eigenvalue weighted by molar-refractivity contribution is 6.03. The Labute approximate surface area is 182 Å². The lowest BCUT2D eigenvalue weighted by Gasteiger charge is -2.21. The van der Waals surface area contributed by atoms with Crippen molar-refractivity contribution in [3.05, 3.63) is 41.9 Å². The molecule has 0 aliphatic heterocycles. The molecule has 3 N–H and O–H groups in total. The van der Waals surface area contributed by atoms with Gasteiger partial charge >= 0.3 is 0 Å². The highest BCUT2D eigenvalue weighted by Crippen LogP contribution is 2.34. The molecule has 3 aromatic rings. The molecule has 0 amide bonds. The number of anilines is 2. The number of ether oxygens (including phenoxy) is 1. The van der Waals surface area contributed by atoms with E-state index >= 15 is 0 Å². The number of nitrogens with one attached hydrogen (secondary N) is 3. The lowest BCUT2D eigenvalue weighted by molar-refractivity contribution is 0.328. The van der Waals surface area contributed by atoms with Crippen LogP contribution in [0.15, 0.2) is 28.8 Å². The lowest BCUT2D eigenvalue weighted by Crippen LogP contribution is -2.19. The van der Waals surface area contributed by atoms with Crippen LogP contribution in [-0.2, 0) is 6.54 Å². The Morgan fingerprint density at radius 2 is 2.10 bits per heavy atom. The largest absolute Gasteiger partial charge is 0.477 e. The zero-order valence-corrected chi connectivity index (χ0v) is 18.6. The molecular weight excluding hydrogens is 394 g/mol. The van der Waals surface area contributed by atoms with Crippen LogP contribution in [0.5, 0.6) is 5.88 Å². The van der Waals surface area contributed by atoms with Crippen molar-refractivity contribution in [3.63, 3.8) is 0 Å². The SMILES string of the molecule is CCOc1ncccc1-c1cc(NCc2nnc(C)o2)c(NC(C)CC)c(C(C)=N)n1. The molecule has 0 spiro atoms. The number of hydrogen-bond acceptors (Lipinski definition) is 9. The van der Waals surface area contributed by atoms with E-state index in [0.717, 1.165) is 23.4 Å². The van der Waals surface area contributed by atoms with Gasteiger partial charge in [0.15, 0.2) is 0 Å². The van der Waals surface area contributed by atoms with Crippen molar-refractivity contribution in [2.75, 3.05) is 17.2 Å². The van der Waals surface area contributed by atoms with Gasteiger partial charge in [-0.3, -0.25) is 0 Å². The Morgan fingerprint density at radius 1 is 1.29 bits per heavy atom. The third-order valence-corrected chi connectivity index (χ3v) is 4.70. The second-order valence-corrected chi connectivity index (χ2v) is 7.21. The number of nitrogens with zero attached hydrogens (tertiary/aromatic N) is 4. The van der Waals surface area contributed by atoms with Gasteiger partial charge in [0.25, 0.3) is 0 Å². The van der Waals surface area contributed by atoms with Gasteiger partial charge in [0.2, 0.25) is 17.7 Å². The van der Waals surface area contributed by atoms with E-state index in [-0.39, 0.29) is 6.04 Å². The van der Waals surface area contributed by atoms with Gasteiger partial charge in [0, 0.05) is 19.2 Å². The van der Waals surface area contributed by atoms with Crippen LogP contribution in [0, 0.1) is 12.3 Å². The van der Waals surface area contributed by atoms with E-state index in [1.807, 2.05) is 25.1 Å². The van der Waals surface area contributed by atoms with E-state index in [9.17, 15) is 0 Å². The van der Waals surface area contributed by atoms with Gasteiger partial charge in [0.1, 0.15) is 5.69 Å². The Kier molecular flexibility index (Phi) is 7.17. The molecule has 1 atom stereocenters. The summed E-state index contributed by atoms with van der Waals surface area (Å²) in [4.78, 5) is 9.14. The minimum absolute atomic E-state index is 0.203. The first-order valence-electron chi connectivity index (χ1n) is 10.4. The molecule has 0 saturated heterocycles. The van der Waals surface area contributed by atoms with Crippen LogP contribution in [0.3, 0.4) is 0 Å². The number of pyridine rings is 2. The van der Waals surface area contributed by atoms with Crippen molar-refractivity contribution in [2.45, 2.75) is 53.6 Å². The van der Waals surface area contributed by atoms with Gasteiger partial charge in [-0.05, 0) is 45.4 Å². The van der Waals surface area contributed by atoms with Gasteiger partial charge < -0.3 is 25.2 Å². The lowest BCUT2D eigenvalue weighted by atomic mass is 10.1. The zero-order valence-electron chi connectivity index (χ0n) is 18.6. The summed E-state index contributed by atoms with van der Waals surface area (Å²) in [5.41, 5.74) is 3.90. The molecule has 1 unspecified atom stereocenters. The van der Waals surface area contributed by atoms with E-state index in [0.29, 0.717) is 47.9 Å². The molecular formula is C22H29N7O2. The summed E-state index contributed by atoms with van der Waals surface area (Å²) in [7, 11) is 0. The summed E-state index contributed by atoms with van der Waals surface area (Å²) >= 11 is 0. The number of hydrogen-bond donors (Lipinski definition) is 3. The number of aromatic nitrogens is 4. The average Bonchev–Trinajstić information content (AvgIpc) is 3.18. The van der Waals surface area contributed by atoms with Crippen molar-refractivity contribution >= 4 is 17.1 Å². The van der Waals surface area contributed by atoms with Gasteiger partial charge in [0.05, 0.1) is 41.5 Å². The molecule has 0 aliphatic rings. The quantitative estimate of drug-likeness (QED) is 0.409. The summed E-state index contributed by atoms with van der Waals surface area (Å²) in [5, 5.41) is 23.2. The van der Waals surface area contributed by atoms with Crippen molar-refractivity contribution in [1.29, 1.82) is 5.41 Å². The summed E-state index contributed by atoms with van der Waals surface area (Å²) in [6.07, 6.45) is 2.62. The summed E-state index contributed by atoms with van der Waals surface area (Å²) in [5.74, 6) is 1.50. The van der Waals surface area contributed by atoms with Crippen molar-refractivity contribution in [1.82, 2.24) is 20.2 Å². The third-order valence-electron chi connectivity index (χ3n) is 4.70. The molecule has 3 aromatic heterocycles. The molecule has 0 aliphatic carbocycles. The maximum atomic E-state index is 8.35. The van der Waals surface area contributed by atoms with Gasteiger partial charge in [-0.25, -0.2) is 9.97 Å². The van der Waals surface area contributed by atoms with Crippen LogP contribution in [0.2, 0.25) is 0 Å². The van der Waals surface area contributed by atoms with E-state index < -0.39 is 0 Å². The van der Waals surface area contributed by atoms with Crippen molar-refractivity contribution < 1.29 is 9.15 Å². The normalized spacial score (nSPS) is 11.8. The first-order valence-corrected chi connectivity index (χ1v) is 10.4. The van der Waals surface area contributed by atoms with Crippen LogP contribution >= 0.6 is 0 Å². The molecule has 0 bridgehead atoms. The predicted molar refractivity (Wildman–Crippen MR) is 121 cm³/mol. The topological polar surface area (TPSA) is 122 Å². The third kappa shape index (κ3) is 5.36. The summed E-state index contributed by atoms with van der Waals surface area (Å²) in [6.45, 7) is 10.4. The Balaban J connectivity index is 2.10. The highest BCUT2D eigenvalue weighted by atomic mass is 16.5. The smallest absolute Gasteiger partial charge is 0.235 e. The van der Waals surface area contributed by atoms with Gasteiger partial charge in [-0.1, -0.05) is 6.92 Å². The van der Waals surface area contributed by atoms with E-state index in [2.05, 4.69) is 39.7 Å². The standard InChI is InChI=1S/C22H29N7O2/c1-6-13(3)26-21-18(25-12-19-29-28-15(5)31-19)11-17(27-20(21)14(4)23)16-9-8-10-24-22(16)30-7-2/h8-11,13,23,26H,6-7,12H2,1-5H3,(H,25,27). The molecule has 9 heteroatoms. The molecule has 0 fully saturated rings. The molecule has 0 radical (unpaired) electrons. The van der Waals surface area contributed by atoms with E-state index in [1.165, 1.54) is 0 Å². The predicted octanol–water partition coefficient (Wildman–Crippen LogP) is 4.44. The van der Waals surface area contributed by atoms with Crippen molar-refractivity contribution in [3.8, 4) is 17.1 Å². The molecule has 31 heavy (non-hydrogen) atoms. The minimum Gasteiger partial charge on any atom is -0.477 e. The molecule has 164 valence electrons. The number of aryl methyl sites for hydroxylation is 1. The molecule has 3 heterocycles. The maximum Gasteiger partial charge on any atom is 0.235 e. The zero-order chi connectivity index (χ0) is 22.4. The Bertz CT molecular complexity index is 1050. The van der Waals surface area contributed by atoms with Crippen molar-refractivity contribution in [2.24, 2.45) is 0 Å². The fraction of sp³-hybridized carbons (Fsp3) is 0.409. The van der Waals surface area contributed by atoms with Crippen LogP contribution in [0.25, 0.3) is 11.3 Å². The molecule has 9 nitrogen and oxygen atoms in total. The Hall–Kier alpha value is -3.49. The average molecular weight is 424 g/mol. The second-order valence-electron chi connectivity index (χ2n) is 7.21.